The smallest absolute Gasteiger partial charge is 0.270 e. The van der Waals surface area contributed by atoms with Crippen molar-refractivity contribution in [3.05, 3.63) is 100 Å². The molecule has 4 aromatic rings. The Hall–Kier alpha value is -4.51. The molecular formula is C24H22N6O4S. The van der Waals surface area contributed by atoms with Crippen molar-refractivity contribution in [2.75, 3.05) is 15.4 Å². The van der Waals surface area contributed by atoms with Gasteiger partial charge in [0.25, 0.3) is 15.7 Å². The van der Waals surface area contributed by atoms with Crippen molar-refractivity contribution in [2.24, 2.45) is 0 Å². The van der Waals surface area contributed by atoms with Crippen LogP contribution >= 0.6 is 0 Å². The van der Waals surface area contributed by atoms with Crippen LogP contribution in [0.5, 0.6) is 0 Å². The quantitative estimate of drug-likeness (QED) is 0.224. The minimum atomic E-state index is -3.99. The number of hydrogen-bond acceptors (Lipinski definition) is 8. The molecule has 0 spiro atoms. The SMILES string of the molecule is Cc1ccc(Nc2cc(C)nc(Nc3ccc(NS(=O)(=O)c4cccc([N+](=O)[O-])c4)cc3)n2)cc1. The van der Waals surface area contributed by atoms with E-state index in [4.69, 9.17) is 0 Å². The van der Waals surface area contributed by atoms with Crippen LogP contribution in [0.15, 0.2) is 83.8 Å². The zero-order valence-corrected chi connectivity index (χ0v) is 19.7. The number of rotatable bonds is 8. The molecule has 0 aliphatic heterocycles. The Morgan fingerprint density at radius 2 is 1.43 bits per heavy atom. The molecule has 0 radical (unpaired) electrons. The predicted molar refractivity (Wildman–Crippen MR) is 135 cm³/mol. The van der Waals surface area contributed by atoms with Crippen LogP contribution in [0.25, 0.3) is 0 Å². The molecule has 4 rings (SSSR count). The molecule has 3 N–H and O–H groups in total. The van der Waals surface area contributed by atoms with Crippen molar-refractivity contribution in [1.29, 1.82) is 0 Å². The monoisotopic (exact) mass is 490 g/mol. The minimum absolute atomic E-state index is 0.198. The summed E-state index contributed by atoms with van der Waals surface area (Å²) in [6.45, 7) is 3.88. The topological polar surface area (TPSA) is 139 Å². The Morgan fingerprint density at radius 3 is 2.11 bits per heavy atom. The van der Waals surface area contributed by atoms with E-state index in [1.165, 1.54) is 18.2 Å². The minimum Gasteiger partial charge on any atom is -0.340 e. The lowest BCUT2D eigenvalue weighted by Crippen LogP contribution is -2.13. The number of nitro benzene ring substituents is 1. The van der Waals surface area contributed by atoms with Crippen LogP contribution in [0.1, 0.15) is 11.3 Å². The van der Waals surface area contributed by atoms with E-state index < -0.39 is 14.9 Å². The zero-order valence-electron chi connectivity index (χ0n) is 18.9. The highest BCUT2D eigenvalue weighted by molar-refractivity contribution is 7.92. The number of nitrogens with one attached hydrogen (secondary N) is 3. The fraction of sp³-hybridized carbons (Fsp3) is 0.0833. The van der Waals surface area contributed by atoms with Crippen molar-refractivity contribution in [1.82, 2.24) is 9.97 Å². The van der Waals surface area contributed by atoms with Crippen molar-refractivity contribution in [2.45, 2.75) is 18.7 Å². The lowest BCUT2D eigenvalue weighted by Gasteiger charge is -2.11. The van der Waals surface area contributed by atoms with Gasteiger partial charge >= 0.3 is 0 Å². The molecule has 0 fully saturated rings. The van der Waals surface area contributed by atoms with Crippen LogP contribution in [-0.4, -0.2) is 23.3 Å². The lowest BCUT2D eigenvalue weighted by atomic mass is 10.2. The van der Waals surface area contributed by atoms with Gasteiger partial charge in [0.2, 0.25) is 5.95 Å². The second-order valence-corrected chi connectivity index (χ2v) is 9.45. The zero-order chi connectivity index (χ0) is 25.0. The van der Waals surface area contributed by atoms with Gasteiger partial charge in [-0.2, -0.15) is 4.98 Å². The number of aryl methyl sites for hydroxylation is 2. The molecule has 35 heavy (non-hydrogen) atoms. The number of anilines is 5. The average Bonchev–Trinajstić information content (AvgIpc) is 2.81. The van der Waals surface area contributed by atoms with Crippen LogP contribution in [0.4, 0.5) is 34.5 Å². The summed E-state index contributed by atoms with van der Waals surface area (Å²) in [6.07, 6.45) is 0. The Balaban J connectivity index is 1.46. The number of aromatic nitrogens is 2. The maximum atomic E-state index is 12.6. The van der Waals surface area contributed by atoms with E-state index in [1.807, 2.05) is 44.2 Å². The van der Waals surface area contributed by atoms with Gasteiger partial charge in [0.05, 0.1) is 9.82 Å². The Labute approximate surface area is 202 Å². The number of nitro groups is 1. The largest absolute Gasteiger partial charge is 0.340 e. The first-order valence-corrected chi connectivity index (χ1v) is 12.0. The van der Waals surface area contributed by atoms with Crippen molar-refractivity contribution >= 4 is 44.5 Å². The molecular weight excluding hydrogens is 468 g/mol. The third-order valence-corrected chi connectivity index (χ3v) is 6.29. The molecule has 1 aromatic heterocycles. The summed E-state index contributed by atoms with van der Waals surface area (Å²) in [5, 5.41) is 17.3. The van der Waals surface area contributed by atoms with Gasteiger partial charge in [-0.1, -0.05) is 23.8 Å². The third-order valence-electron chi connectivity index (χ3n) is 4.91. The van der Waals surface area contributed by atoms with E-state index in [0.29, 0.717) is 23.1 Å². The maximum Gasteiger partial charge on any atom is 0.270 e. The van der Waals surface area contributed by atoms with E-state index in [-0.39, 0.29) is 10.6 Å². The van der Waals surface area contributed by atoms with Crippen molar-refractivity contribution in [3.8, 4) is 0 Å². The van der Waals surface area contributed by atoms with Crippen LogP contribution in [0, 0.1) is 24.0 Å². The summed E-state index contributed by atoms with van der Waals surface area (Å²) >= 11 is 0. The van der Waals surface area contributed by atoms with Gasteiger partial charge in [-0.05, 0) is 56.3 Å². The van der Waals surface area contributed by atoms with E-state index >= 15 is 0 Å². The molecule has 0 atom stereocenters. The van der Waals surface area contributed by atoms with Crippen molar-refractivity contribution in [3.63, 3.8) is 0 Å². The first-order chi connectivity index (χ1) is 16.7. The van der Waals surface area contributed by atoms with E-state index in [9.17, 15) is 18.5 Å². The molecule has 0 unspecified atom stereocenters. The molecule has 0 saturated heterocycles. The second kappa shape index (κ2) is 9.77. The highest BCUT2D eigenvalue weighted by Gasteiger charge is 2.17. The highest BCUT2D eigenvalue weighted by atomic mass is 32.2. The van der Waals surface area contributed by atoms with E-state index in [0.717, 1.165) is 23.0 Å². The Kier molecular flexibility index (Phi) is 6.60. The molecule has 178 valence electrons. The molecule has 3 aromatic carbocycles. The van der Waals surface area contributed by atoms with Gasteiger partial charge in [-0.25, -0.2) is 13.4 Å². The fourth-order valence-corrected chi connectivity index (χ4v) is 4.30. The molecule has 0 aliphatic carbocycles. The fourth-order valence-electron chi connectivity index (χ4n) is 3.20. The summed E-state index contributed by atoms with van der Waals surface area (Å²) in [6, 6.07) is 21.1. The second-order valence-electron chi connectivity index (χ2n) is 7.77. The standard InChI is InChI=1S/C24H22N6O4S/c1-16-6-8-18(9-7-16)26-23-14-17(2)25-24(28-23)27-19-10-12-20(13-11-19)29-35(33,34)22-5-3-4-21(15-22)30(31)32/h3-15,29H,1-2H3,(H2,25,26,27,28). The number of benzene rings is 3. The predicted octanol–water partition coefficient (Wildman–Crippen LogP) is 5.29. The molecule has 11 heteroatoms. The van der Waals surface area contributed by atoms with Crippen molar-refractivity contribution < 1.29 is 13.3 Å². The summed E-state index contributed by atoms with van der Waals surface area (Å²) in [5.74, 6) is 1.01. The Morgan fingerprint density at radius 1 is 0.800 bits per heavy atom. The number of sulfonamides is 1. The van der Waals surface area contributed by atoms with Gasteiger partial charge in [0.15, 0.2) is 0 Å². The summed E-state index contributed by atoms with van der Waals surface area (Å²) < 4.78 is 27.7. The third kappa shape index (κ3) is 6.09. The number of nitrogens with zero attached hydrogens (tertiary/aromatic N) is 3. The van der Waals surface area contributed by atoms with Crippen LogP contribution in [0.2, 0.25) is 0 Å². The van der Waals surface area contributed by atoms with E-state index in [2.05, 4.69) is 25.3 Å². The van der Waals surface area contributed by atoms with E-state index in [1.54, 1.807) is 24.3 Å². The maximum absolute atomic E-state index is 12.6. The van der Waals surface area contributed by atoms with Crippen LogP contribution < -0.4 is 15.4 Å². The normalized spacial score (nSPS) is 11.0. The summed E-state index contributed by atoms with van der Waals surface area (Å²) in [4.78, 5) is 19.0. The van der Waals surface area contributed by atoms with Gasteiger partial charge in [0, 0.05) is 41.0 Å². The molecule has 0 amide bonds. The molecule has 10 nitrogen and oxygen atoms in total. The molecule has 1 heterocycles. The highest BCUT2D eigenvalue weighted by Crippen LogP contribution is 2.23. The van der Waals surface area contributed by atoms with Gasteiger partial charge in [0.1, 0.15) is 5.82 Å². The van der Waals surface area contributed by atoms with Gasteiger partial charge < -0.3 is 10.6 Å². The van der Waals surface area contributed by atoms with Gasteiger partial charge in [-0.3, -0.25) is 14.8 Å². The van der Waals surface area contributed by atoms with Crippen LogP contribution in [0.3, 0.4) is 0 Å². The number of hydrogen-bond donors (Lipinski definition) is 3. The Bertz CT molecular complexity index is 1470. The van der Waals surface area contributed by atoms with Crippen LogP contribution in [-0.2, 0) is 10.0 Å². The average molecular weight is 491 g/mol. The molecule has 0 saturated carbocycles. The first-order valence-electron chi connectivity index (χ1n) is 10.5. The number of non-ortho nitro benzene ring substituents is 1. The molecule has 0 aliphatic rings. The summed E-state index contributed by atoms with van der Waals surface area (Å²) in [7, 11) is -3.99. The van der Waals surface area contributed by atoms with Gasteiger partial charge in [-0.15, -0.1) is 0 Å². The lowest BCUT2D eigenvalue weighted by molar-refractivity contribution is -0.385. The summed E-state index contributed by atoms with van der Waals surface area (Å²) in [5.41, 5.74) is 3.47. The first kappa shape index (κ1) is 23.6. The molecule has 0 bridgehead atoms.